The summed E-state index contributed by atoms with van der Waals surface area (Å²) < 4.78 is 21.8. The van der Waals surface area contributed by atoms with Crippen LogP contribution in [0.4, 0.5) is 0 Å². The molecule has 3 heterocycles. The summed E-state index contributed by atoms with van der Waals surface area (Å²) in [5.74, 6) is 1.12. The molecule has 0 saturated heterocycles. The smallest absolute Gasteiger partial charge is 0.290 e. The minimum Gasteiger partial charge on any atom is -0.467 e. The van der Waals surface area contributed by atoms with Crippen LogP contribution in [0, 0.1) is 0 Å². The molecule has 5 rings (SSSR count). The van der Waals surface area contributed by atoms with Crippen molar-refractivity contribution in [1.29, 1.82) is 0 Å². The first kappa shape index (κ1) is 20.2. The van der Waals surface area contributed by atoms with Crippen LogP contribution >= 0.6 is 0 Å². The number of ether oxygens (including phenoxy) is 2. The van der Waals surface area contributed by atoms with Gasteiger partial charge >= 0.3 is 0 Å². The molecule has 2 aliphatic rings. The van der Waals surface area contributed by atoms with Gasteiger partial charge in [0.2, 0.25) is 6.79 Å². The normalized spacial score (nSPS) is 16.1. The van der Waals surface area contributed by atoms with E-state index in [1.807, 2.05) is 12.1 Å². The molecule has 1 aromatic carbocycles. The second-order valence-electron chi connectivity index (χ2n) is 8.01. The molecule has 1 aliphatic heterocycles. The van der Waals surface area contributed by atoms with Gasteiger partial charge in [0.05, 0.1) is 12.5 Å². The molecule has 8 heteroatoms. The number of nitrogens with zero attached hydrogens (tertiary/aromatic N) is 1. The van der Waals surface area contributed by atoms with E-state index in [9.17, 15) is 9.59 Å². The SMILES string of the molecule is O=C(NC1CCCC1)[C@H](c1ccco1)N(Cc1ccc2c(c1)OCO2)C(=O)c1ccco1. The van der Waals surface area contributed by atoms with E-state index in [2.05, 4.69) is 5.32 Å². The number of nitrogens with one attached hydrogen (secondary N) is 1. The van der Waals surface area contributed by atoms with Crippen LogP contribution in [0.15, 0.2) is 63.8 Å². The standard InChI is InChI=1S/C24H24N2O6/c27-23(25-17-5-1-2-6-17)22(19-7-3-11-29-19)26(24(28)20-8-4-12-30-20)14-16-9-10-18-21(13-16)32-15-31-18/h3-4,7-13,17,22H,1-2,5-6,14-15H2,(H,25,27)/t22-/m0/s1. The number of hydrogen-bond donors (Lipinski definition) is 1. The third-order valence-corrected chi connectivity index (χ3v) is 5.86. The molecular formula is C24H24N2O6. The lowest BCUT2D eigenvalue weighted by Gasteiger charge is -2.30. The molecule has 1 fully saturated rings. The molecule has 0 unspecified atom stereocenters. The van der Waals surface area contributed by atoms with Crippen LogP contribution in [0.2, 0.25) is 0 Å². The molecule has 2 aromatic heterocycles. The summed E-state index contributed by atoms with van der Waals surface area (Å²) in [5.41, 5.74) is 0.791. The number of amides is 2. The second-order valence-corrected chi connectivity index (χ2v) is 8.01. The highest BCUT2D eigenvalue weighted by atomic mass is 16.7. The number of fused-ring (bicyclic) bond motifs is 1. The van der Waals surface area contributed by atoms with E-state index in [0.29, 0.717) is 17.3 Å². The summed E-state index contributed by atoms with van der Waals surface area (Å²) in [6, 6.07) is 11.3. The number of carbonyl (C=O) groups excluding carboxylic acids is 2. The Morgan fingerprint density at radius 2 is 1.78 bits per heavy atom. The average Bonchev–Trinajstić information content (AvgIpc) is 3.61. The van der Waals surface area contributed by atoms with Crippen LogP contribution in [0.25, 0.3) is 0 Å². The molecule has 0 bridgehead atoms. The Morgan fingerprint density at radius 3 is 2.53 bits per heavy atom. The van der Waals surface area contributed by atoms with Gasteiger partial charge in [-0.3, -0.25) is 9.59 Å². The van der Waals surface area contributed by atoms with Crippen LogP contribution in [0.5, 0.6) is 11.5 Å². The lowest BCUT2D eigenvalue weighted by Crippen LogP contribution is -2.45. The molecule has 8 nitrogen and oxygen atoms in total. The zero-order chi connectivity index (χ0) is 21.9. The van der Waals surface area contributed by atoms with Gasteiger partial charge < -0.3 is 28.5 Å². The van der Waals surface area contributed by atoms with Crippen molar-refractivity contribution in [1.82, 2.24) is 10.2 Å². The van der Waals surface area contributed by atoms with E-state index in [1.165, 1.54) is 17.4 Å². The molecule has 166 valence electrons. The topological polar surface area (TPSA) is 94.2 Å². The highest BCUT2D eigenvalue weighted by molar-refractivity contribution is 5.95. The Kier molecular flexibility index (Phi) is 5.58. The summed E-state index contributed by atoms with van der Waals surface area (Å²) >= 11 is 0. The zero-order valence-corrected chi connectivity index (χ0v) is 17.5. The van der Waals surface area contributed by atoms with E-state index in [-0.39, 0.29) is 31.0 Å². The van der Waals surface area contributed by atoms with Crippen molar-refractivity contribution in [3.05, 3.63) is 72.1 Å². The van der Waals surface area contributed by atoms with Crippen molar-refractivity contribution in [2.24, 2.45) is 0 Å². The molecule has 1 atom stereocenters. The summed E-state index contributed by atoms with van der Waals surface area (Å²) in [5, 5.41) is 3.11. The lowest BCUT2D eigenvalue weighted by atomic mass is 10.1. The summed E-state index contributed by atoms with van der Waals surface area (Å²) in [7, 11) is 0. The van der Waals surface area contributed by atoms with Gasteiger partial charge in [-0.25, -0.2) is 0 Å². The minimum absolute atomic E-state index is 0.103. The van der Waals surface area contributed by atoms with E-state index >= 15 is 0 Å². The predicted molar refractivity (Wildman–Crippen MR) is 113 cm³/mol. The van der Waals surface area contributed by atoms with E-state index < -0.39 is 11.9 Å². The molecule has 0 spiro atoms. The van der Waals surface area contributed by atoms with Crippen LogP contribution in [0.1, 0.15) is 53.6 Å². The van der Waals surface area contributed by atoms with Gasteiger partial charge in [0.1, 0.15) is 5.76 Å². The number of rotatable bonds is 7. The van der Waals surface area contributed by atoms with Crippen molar-refractivity contribution in [3.63, 3.8) is 0 Å². The summed E-state index contributed by atoms with van der Waals surface area (Å²) in [6.45, 7) is 0.312. The van der Waals surface area contributed by atoms with E-state index in [4.69, 9.17) is 18.3 Å². The van der Waals surface area contributed by atoms with E-state index in [1.54, 1.807) is 30.3 Å². The Labute approximate surface area is 185 Å². The average molecular weight is 436 g/mol. The maximum absolute atomic E-state index is 13.5. The first-order chi connectivity index (χ1) is 15.7. The molecule has 1 N–H and O–H groups in total. The van der Waals surface area contributed by atoms with Crippen molar-refractivity contribution in [2.75, 3.05) is 6.79 Å². The third-order valence-electron chi connectivity index (χ3n) is 5.86. The highest BCUT2D eigenvalue weighted by Crippen LogP contribution is 2.34. The van der Waals surface area contributed by atoms with Crippen molar-refractivity contribution in [3.8, 4) is 11.5 Å². The molecule has 3 aromatic rings. The van der Waals surface area contributed by atoms with Crippen LogP contribution in [0.3, 0.4) is 0 Å². The predicted octanol–water partition coefficient (Wildman–Crippen LogP) is 4.04. The summed E-state index contributed by atoms with van der Waals surface area (Å²) in [4.78, 5) is 28.4. The minimum atomic E-state index is -0.950. The Balaban J connectivity index is 1.49. The first-order valence-electron chi connectivity index (χ1n) is 10.8. The van der Waals surface area contributed by atoms with Crippen LogP contribution in [-0.2, 0) is 11.3 Å². The fourth-order valence-corrected chi connectivity index (χ4v) is 4.28. The van der Waals surface area contributed by atoms with E-state index in [0.717, 1.165) is 31.2 Å². The highest BCUT2D eigenvalue weighted by Gasteiger charge is 2.36. The zero-order valence-electron chi connectivity index (χ0n) is 17.5. The van der Waals surface area contributed by atoms with Crippen LogP contribution in [-0.4, -0.2) is 29.5 Å². The number of benzene rings is 1. The molecule has 32 heavy (non-hydrogen) atoms. The largest absolute Gasteiger partial charge is 0.467 e. The first-order valence-corrected chi connectivity index (χ1v) is 10.8. The number of hydrogen-bond acceptors (Lipinski definition) is 6. The van der Waals surface area contributed by atoms with Gasteiger partial charge in [-0.2, -0.15) is 0 Å². The number of furan rings is 2. The Morgan fingerprint density at radius 1 is 1.00 bits per heavy atom. The van der Waals surface area contributed by atoms with Gasteiger partial charge in [-0.1, -0.05) is 18.9 Å². The fourth-order valence-electron chi connectivity index (χ4n) is 4.28. The molecule has 1 aliphatic carbocycles. The lowest BCUT2D eigenvalue weighted by molar-refractivity contribution is -0.127. The van der Waals surface area contributed by atoms with Crippen molar-refractivity contribution in [2.45, 2.75) is 44.3 Å². The maximum Gasteiger partial charge on any atom is 0.290 e. The van der Waals surface area contributed by atoms with Gasteiger partial charge in [0.15, 0.2) is 23.3 Å². The number of carbonyl (C=O) groups is 2. The molecule has 1 saturated carbocycles. The van der Waals surface area contributed by atoms with Crippen molar-refractivity contribution >= 4 is 11.8 Å². The van der Waals surface area contributed by atoms with Gasteiger partial charge in [-0.05, 0) is 54.8 Å². The second kappa shape index (κ2) is 8.82. The monoisotopic (exact) mass is 436 g/mol. The molecular weight excluding hydrogens is 412 g/mol. The maximum atomic E-state index is 13.5. The molecule has 2 amide bonds. The Bertz CT molecular complexity index is 1070. The van der Waals surface area contributed by atoms with Crippen molar-refractivity contribution < 1.29 is 27.9 Å². The van der Waals surface area contributed by atoms with Gasteiger partial charge in [0, 0.05) is 12.6 Å². The third kappa shape index (κ3) is 4.08. The van der Waals surface area contributed by atoms with Gasteiger partial charge in [-0.15, -0.1) is 0 Å². The van der Waals surface area contributed by atoms with Crippen LogP contribution < -0.4 is 14.8 Å². The Hall–Kier alpha value is -3.68. The molecule has 0 radical (unpaired) electrons. The quantitative estimate of drug-likeness (QED) is 0.601. The summed E-state index contributed by atoms with van der Waals surface area (Å²) in [6.07, 6.45) is 6.98. The van der Waals surface area contributed by atoms with Gasteiger partial charge in [0.25, 0.3) is 11.8 Å². The fraction of sp³-hybridized carbons (Fsp3) is 0.333.